The van der Waals surface area contributed by atoms with Gasteiger partial charge in [0, 0.05) is 17.5 Å². The standard InChI is InChI=1S/C22H27NO2/c1-16-6-11-20(17(2)14-16)21(24)23-15-22(12-4-5-13-22)18-7-9-19(25-3)10-8-18/h6-11,14H,4-5,12-13,15H2,1-3H3,(H,23,24). The van der Waals surface area contributed by atoms with Gasteiger partial charge in [-0.25, -0.2) is 0 Å². The summed E-state index contributed by atoms with van der Waals surface area (Å²) < 4.78 is 5.27. The van der Waals surface area contributed by atoms with Gasteiger partial charge in [-0.05, 0) is 56.0 Å². The van der Waals surface area contributed by atoms with E-state index in [2.05, 4.69) is 23.5 Å². The van der Waals surface area contributed by atoms with Gasteiger partial charge < -0.3 is 10.1 Å². The van der Waals surface area contributed by atoms with Crippen molar-refractivity contribution >= 4 is 5.91 Å². The molecule has 1 fully saturated rings. The third kappa shape index (κ3) is 3.71. The van der Waals surface area contributed by atoms with Crippen molar-refractivity contribution in [2.45, 2.75) is 44.9 Å². The van der Waals surface area contributed by atoms with Gasteiger partial charge in [0.2, 0.25) is 0 Å². The highest BCUT2D eigenvalue weighted by atomic mass is 16.5. The number of amides is 1. The quantitative estimate of drug-likeness (QED) is 0.869. The van der Waals surface area contributed by atoms with Crippen molar-refractivity contribution in [3.63, 3.8) is 0 Å². The molecule has 0 heterocycles. The molecule has 0 bridgehead atoms. The summed E-state index contributed by atoms with van der Waals surface area (Å²) in [6, 6.07) is 14.3. The van der Waals surface area contributed by atoms with Gasteiger partial charge in [-0.1, -0.05) is 42.7 Å². The van der Waals surface area contributed by atoms with E-state index in [0.717, 1.165) is 29.7 Å². The molecule has 1 N–H and O–H groups in total. The van der Waals surface area contributed by atoms with Crippen molar-refractivity contribution in [2.75, 3.05) is 13.7 Å². The average Bonchev–Trinajstić information content (AvgIpc) is 3.10. The molecule has 1 amide bonds. The van der Waals surface area contributed by atoms with Crippen LogP contribution in [0, 0.1) is 13.8 Å². The number of aryl methyl sites for hydroxylation is 2. The highest BCUT2D eigenvalue weighted by Crippen LogP contribution is 2.41. The van der Waals surface area contributed by atoms with Crippen LogP contribution in [0.4, 0.5) is 0 Å². The van der Waals surface area contributed by atoms with Crippen molar-refractivity contribution in [3.05, 3.63) is 64.7 Å². The predicted octanol–water partition coefficient (Wildman–Crippen LogP) is 4.55. The monoisotopic (exact) mass is 337 g/mol. The number of methoxy groups -OCH3 is 1. The summed E-state index contributed by atoms with van der Waals surface area (Å²) in [4.78, 5) is 12.7. The Balaban J connectivity index is 1.76. The van der Waals surface area contributed by atoms with Crippen LogP contribution < -0.4 is 10.1 Å². The average molecular weight is 337 g/mol. The lowest BCUT2D eigenvalue weighted by Crippen LogP contribution is -2.39. The van der Waals surface area contributed by atoms with Crippen LogP contribution in [-0.2, 0) is 5.41 Å². The number of nitrogens with one attached hydrogen (secondary N) is 1. The van der Waals surface area contributed by atoms with Crippen molar-refractivity contribution in [1.29, 1.82) is 0 Å². The number of ether oxygens (including phenoxy) is 1. The lowest BCUT2D eigenvalue weighted by molar-refractivity contribution is 0.0942. The zero-order valence-corrected chi connectivity index (χ0v) is 15.4. The van der Waals surface area contributed by atoms with Crippen molar-refractivity contribution in [1.82, 2.24) is 5.32 Å². The first kappa shape index (κ1) is 17.5. The molecule has 3 rings (SSSR count). The summed E-state index contributed by atoms with van der Waals surface area (Å²) in [6.07, 6.45) is 4.66. The van der Waals surface area contributed by atoms with Gasteiger partial charge in [0.1, 0.15) is 5.75 Å². The molecule has 2 aromatic carbocycles. The summed E-state index contributed by atoms with van der Waals surface area (Å²) in [5, 5.41) is 3.20. The molecule has 3 heteroatoms. The molecule has 0 saturated heterocycles. The molecule has 0 spiro atoms. The predicted molar refractivity (Wildman–Crippen MR) is 101 cm³/mol. The van der Waals surface area contributed by atoms with Gasteiger partial charge >= 0.3 is 0 Å². The maximum Gasteiger partial charge on any atom is 0.251 e. The fourth-order valence-corrected chi connectivity index (χ4v) is 3.98. The number of carbonyl (C=O) groups is 1. The molecule has 25 heavy (non-hydrogen) atoms. The molecule has 1 aliphatic rings. The maximum atomic E-state index is 12.7. The van der Waals surface area contributed by atoms with E-state index in [9.17, 15) is 4.79 Å². The van der Waals surface area contributed by atoms with Gasteiger partial charge in [-0.3, -0.25) is 4.79 Å². The first-order valence-corrected chi connectivity index (χ1v) is 9.04. The minimum Gasteiger partial charge on any atom is -0.497 e. The third-order valence-corrected chi connectivity index (χ3v) is 5.48. The minimum absolute atomic E-state index is 0.0253. The Morgan fingerprint density at radius 2 is 1.76 bits per heavy atom. The van der Waals surface area contributed by atoms with E-state index in [1.807, 2.05) is 38.1 Å². The van der Waals surface area contributed by atoms with Crippen molar-refractivity contribution in [2.24, 2.45) is 0 Å². The van der Waals surface area contributed by atoms with Crippen LogP contribution in [-0.4, -0.2) is 19.6 Å². The zero-order valence-electron chi connectivity index (χ0n) is 15.4. The largest absolute Gasteiger partial charge is 0.497 e. The van der Waals surface area contributed by atoms with E-state index < -0.39 is 0 Å². The van der Waals surface area contributed by atoms with Crippen LogP contribution in [0.3, 0.4) is 0 Å². The number of rotatable bonds is 5. The minimum atomic E-state index is 0.0253. The van der Waals surface area contributed by atoms with E-state index in [1.54, 1.807) is 7.11 Å². The summed E-state index contributed by atoms with van der Waals surface area (Å²) in [7, 11) is 1.68. The second-order valence-electron chi connectivity index (χ2n) is 7.22. The second kappa shape index (κ2) is 7.30. The van der Waals surface area contributed by atoms with Crippen molar-refractivity contribution in [3.8, 4) is 5.75 Å². The zero-order chi connectivity index (χ0) is 17.9. The highest BCUT2D eigenvalue weighted by Gasteiger charge is 2.36. The highest BCUT2D eigenvalue weighted by molar-refractivity contribution is 5.95. The van der Waals surface area contributed by atoms with E-state index in [4.69, 9.17) is 4.74 Å². The fourth-order valence-electron chi connectivity index (χ4n) is 3.98. The molecule has 0 unspecified atom stereocenters. The first-order chi connectivity index (χ1) is 12.0. The Morgan fingerprint density at radius 3 is 2.36 bits per heavy atom. The number of hydrogen-bond acceptors (Lipinski definition) is 2. The molecule has 0 atom stereocenters. The molecule has 0 radical (unpaired) electrons. The topological polar surface area (TPSA) is 38.3 Å². The normalized spacial score (nSPS) is 15.8. The van der Waals surface area contributed by atoms with Crippen LogP contribution in [0.25, 0.3) is 0 Å². The van der Waals surface area contributed by atoms with Gasteiger partial charge in [-0.2, -0.15) is 0 Å². The van der Waals surface area contributed by atoms with E-state index in [1.165, 1.54) is 24.0 Å². The van der Waals surface area contributed by atoms with Gasteiger partial charge in [-0.15, -0.1) is 0 Å². The molecule has 0 aliphatic heterocycles. The van der Waals surface area contributed by atoms with Crippen molar-refractivity contribution < 1.29 is 9.53 Å². The van der Waals surface area contributed by atoms with Gasteiger partial charge in [0.15, 0.2) is 0 Å². The molecular formula is C22H27NO2. The third-order valence-electron chi connectivity index (χ3n) is 5.48. The summed E-state index contributed by atoms with van der Waals surface area (Å²) in [5.74, 6) is 0.897. The fraction of sp³-hybridized carbons (Fsp3) is 0.409. The number of carbonyl (C=O) groups excluding carboxylic acids is 1. The molecule has 2 aromatic rings. The Kier molecular flexibility index (Phi) is 5.12. The first-order valence-electron chi connectivity index (χ1n) is 9.04. The molecule has 1 aliphatic carbocycles. The Hall–Kier alpha value is -2.29. The lowest BCUT2D eigenvalue weighted by atomic mass is 9.78. The Labute approximate surface area is 150 Å². The van der Waals surface area contributed by atoms with E-state index in [0.29, 0.717) is 6.54 Å². The molecule has 1 saturated carbocycles. The molecule has 3 nitrogen and oxygen atoms in total. The smallest absolute Gasteiger partial charge is 0.251 e. The Morgan fingerprint density at radius 1 is 1.08 bits per heavy atom. The van der Waals surface area contributed by atoms with E-state index in [-0.39, 0.29) is 11.3 Å². The Bertz CT molecular complexity index is 743. The second-order valence-corrected chi connectivity index (χ2v) is 7.22. The number of benzene rings is 2. The van der Waals surface area contributed by atoms with Crippen LogP contribution in [0.1, 0.15) is 52.7 Å². The van der Waals surface area contributed by atoms with Crippen LogP contribution >= 0.6 is 0 Å². The summed E-state index contributed by atoms with van der Waals surface area (Å²) in [6.45, 7) is 4.73. The number of hydrogen-bond donors (Lipinski definition) is 1. The van der Waals surface area contributed by atoms with Gasteiger partial charge in [0.25, 0.3) is 5.91 Å². The lowest BCUT2D eigenvalue weighted by Gasteiger charge is -2.30. The summed E-state index contributed by atoms with van der Waals surface area (Å²) >= 11 is 0. The van der Waals surface area contributed by atoms with Crippen LogP contribution in [0.5, 0.6) is 5.75 Å². The molecule has 132 valence electrons. The maximum absolute atomic E-state index is 12.7. The summed E-state index contributed by atoms with van der Waals surface area (Å²) in [5.41, 5.74) is 4.32. The van der Waals surface area contributed by atoms with Crippen LogP contribution in [0.15, 0.2) is 42.5 Å². The molecular weight excluding hydrogens is 310 g/mol. The van der Waals surface area contributed by atoms with Crippen LogP contribution in [0.2, 0.25) is 0 Å². The SMILES string of the molecule is COc1ccc(C2(CNC(=O)c3ccc(C)cc3C)CCCC2)cc1. The van der Waals surface area contributed by atoms with Gasteiger partial charge in [0.05, 0.1) is 7.11 Å². The van der Waals surface area contributed by atoms with E-state index >= 15 is 0 Å². The molecule has 0 aromatic heterocycles.